The zero-order valence-corrected chi connectivity index (χ0v) is 18.9. The van der Waals surface area contributed by atoms with Gasteiger partial charge in [-0.3, -0.25) is 14.7 Å². The summed E-state index contributed by atoms with van der Waals surface area (Å²) in [6, 6.07) is 11.5. The van der Waals surface area contributed by atoms with E-state index >= 15 is 0 Å². The van der Waals surface area contributed by atoms with Crippen molar-refractivity contribution in [2.24, 2.45) is 12.0 Å². The van der Waals surface area contributed by atoms with E-state index in [1.807, 2.05) is 82.8 Å². The Morgan fingerprint density at radius 1 is 1.13 bits per heavy atom. The summed E-state index contributed by atoms with van der Waals surface area (Å²) in [5.74, 6) is 1.25. The maximum Gasteiger partial charge on any atom is 0.254 e. The van der Waals surface area contributed by atoms with E-state index in [1.165, 1.54) is 0 Å². The molecule has 1 aliphatic rings. The van der Waals surface area contributed by atoms with Crippen LogP contribution in [-0.2, 0) is 11.8 Å². The summed E-state index contributed by atoms with van der Waals surface area (Å²) < 4.78 is 8.22. The third kappa shape index (κ3) is 3.90. The van der Waals surface area contributed by atoms with Crippen molar-refractivity contribution >= 4 is 28.3 Å². The van der Waals surface area contributed by atoms with E-state index in [0.717, 1.165) is 22.2 Å². The van der Waals surface area contributed by atoms with Gasteiger partial charge in [0.1, 0.15) is 29.5 Å². The standard InChI is InChI=1S/C25H29N3O3/c1-15(2)18-12-19(22(13-21(18)29)31-25(3,4)5)24-26-14-23(30)28(24)17-7-8-20-16(11-17)9-10-27(20)6/h7-13,15,29H,14H2,1-6H3. The van der Waals surface area contributed by atoms with Crippen LogP contribution >= 0.6 is 0 Å². The van der Waals surface area contributed by atoms with Gasteiger partial charge in [0.2, 0.25) is 0 Å². The lowest BCUT2D eigenvalue weighted by Crippen LogP contribution is -2.34. The molecule has 4 rings (SSSR count). The zero-order chi connectivity index (χ0) is 22.5. The Bertz CT molecular complexity index is 1200. The highest BCUT2D eigenvalue weighted by molar-refractivity contribution is 6.28. The lowest BCUT2D eigenvalue weighted by molar-refractivity contribution is -0.115. The lowest BCUT2D eigenvalue weighted by atomic mass is 9.97. The van der Waals surface area contributed by atoms with Gasteiger partial charge in [-0.1, -0.05) is 13.8 Å². The first kappa shape index (κ1) is 21.0. The minimum atomic E-state index is -0.475. The first-order valence-electron chi connectivity index (χ1n) is 10.5. The first-order chi connectivity index (χ1) is 14.5. The highest BCUT2D eigenvalue weighted by atomic mass is 16.5. The first-order valence-corrected chi connectivity index (χ1v) is 10.5. The van der Waals surface area contributed by atoms with Crippen molar-refractivity contribution in [3.63, 3.8) is 0 Å². The van der Waals surface area contributed by atoms with E-state index in [-0.39, 0.29) is 24.1 Å². The van der Waals surface area contributed by atoms with Crippen LogP contribution in [0.1, 0.15) is 51.7 Å². The number of benzene rings is 2. The average molecular weight is 420 g/mol. The highest BCUT2D eigenvalue weighted by Crippen LogP contribution is 2.37. The number of nitrogens with zero attached hydrogens (tertiary/aromatic N) is 3. The number of phenols is 1. The van der Waals surface area contributed by atoms with Crippen molar-refractivity contribution in [2.75, 3.05) is 11.4 Å². The highest BCUT2D eigenvalue weighted by Gasteiger charge is 2.32. The van der Waals surface area contributed by atoms with Gasteiger partial charge in [-0.2, -0.15) is 0 Å². The summed E-state index contributed by atoms with van der Waals surface area (Å²) in [6.07, 6.45) is 2.00. The predicted octanol–water partition coefficient (Wildman–Crippen LogP) is 4.98. The summed E-state index contributed by atoms with van der Waals surface area (Å²) >= 11 is 0. The van der Waals surface area contributed by atoms with E-state index in [2.05, 4.69) is 4.99 Å². The second kappa shape index (κ2) is 7.45. The molecule has 0 spiro atoms. The minimum Gasteiger partial charge on any atom is -0.508 e. The van der Waals surface area contributed by atoms with Gasteiger partial charge in [0.25, 0.3) is 5.91 Å². The SMILES string of the molecule is CC(C)c1cc(C2=NCC(=O)N2c2ccc3c(ccn3C)c2)c(OC(C)(C)C)cc1O. The predicted molar refractivity (Wildman–Crippen MR) is 124 cm³/mol. The summed E-state index contributed by atoms with van der Waals surface area (Å²) in [6.45, 7) is 9.97. The fraction of sp³-hybridized carbons (Fsp3) is 0.360. The number of aliphatic imine (C=N–C) groups is 1. The molecule has 1 aromatic heterocycles. The normalized spacial score (nSPS) is 14.6. The van der Waals surface area contributed by atoms with Gasteiger partial charge in [0, 0.05) is 30.2 Å². The number of aromatic hydroxyl groups is 1. The quantitative estimate of drug-likeness (QED) is 0.649. The van der Waals surface area contributed by atoms with Gasteiger partial charge >= 0.3 is 0 Å². The number of phenolic OH excluding ortho intramolecular Hbond substituents is 1. The lowest BCUT2D eigenvalue weighted by Gasteiger charge is -2.27. The summed E-state index contributed by atoms with van der Waals surface area (Å²) in [4.78, 5) is 19.1. The van der Waals surface area contributed by atoms with Crippen molar-refractivity contribution in [3.8, 4) is 11.5 Å². The van der Waals surface area contributed by atoms with Gasteiger partial charge in [0.05, 0.1) is 11.3 Å². The van der Waals surface area contributed by atoms with Gasteiger partial charge in [-0.15, -0.1) is 0 Å². The summed E-state index contributed by atoms with van der Waals surface area (Å²) in [5, 5.41) is 11.6. The third-order valence-electron chi connectivity index (χ3n) is 5.36. The number of anilines is 1. The van der Waals surface area contributed by atoms with E-state index in [4.69, 9.17) is 4.74 Å². The molecule has 162 valence electrons. The Balaban J connectivity index is 1.86. The van der Waals surface area contributed by atoms with Crippen molar-refractivity contribution in [3.05, 3.63) is 53.7 Å². The average Bonchev–Trinajstić information content (AvgIpc) is 3.23. The fourth-order valence-electron chi connectivity index (χ4n) is 3.92. The van der Waals surface area contributed by atoms with E-state index < -0.39 is 5.60 Å². The molecule has 2 heterocycles. The topological polar surface area (TPSA) is 67.1 Å². The number of carbonyl (C=O) groups is 1. The molecule has 6 nitrogen and oxygen atoms in total. The molecular formula is C25H29N3O3. The number of hydrogen-bond donors (Lipinski definition) is 1. The molecule has 31 heavy (non-hydrogen) atoms. The Morgan fingerprint density at radius 3 is 2.55 bits per heavy atom. The van der Waals surface area contributed by atoms with Gasteiger partial charge < -0.3 is 14.4 Å². The number of rotatable bonds is 4. The molecule has 1 aliphatic heterocycles. The molecule has 3 aromatic rings. The van der Waals surface area contributed by atoms with Crippen molar-refractivity contribution in [1.82, 2.24) is 4.57 Å². The fourth-order valence-corrected chi connectivity index (χ4v) is 3.92. The number of amides is 1. The number of carbonyl (C=O) groups excluding carboxylic acids is 1. The number of ether oxygens (including phenoxy) is 1. The molecule has 1 amide bonds. The number of hydrogen-bond acceptors (Lipinski definition) is 4. The maximum atomic E-state index is 12.9. The molecule has 2 aromatic carbocycles. The van der Waals surface area contributed by atoms with Crippen LogP contribution in [0.3, 0.4) is 0 Å². The molecule has 0 atom stereocenters. The molecule has 0 fully saturated rings. The van der Waals surface area contributed by atoms with Crippen LogP contribution in [0.4, 0.5) is 5.69 Å². The number of aryl methyl sites for hydroxylation is 1. The van der Waals surface area contributed by atoms with Crippen molar-refractivity contribution in [1.29, 1.82) is 0 Å². The van der Waals surface area contributed by atoms with Crippen LogP contribution in [0.15, 0.2) is 47.6 Å². The maximum absolute atomic E-state index is 12.9. The second-order valence-corrected chi connectivity index (χ2v) is 9.32. The van der Waals surface area contributed by atoms with Gasteiger partial charge in [0.15, 0.2) is 0 Å². The van der Waals surface area contributed by atoms with Crippen molar-refractivity contribution in [2.45, 2.75) is 46.1 Å². The Kier molecular flexibility index (Phi) is 5.04. The van der Waals surface area contributed by atoms with Gasteiger partial charge in [-0.25, -0.2) is 0 Å². The smallest absolute Gasteiger partial charge is 0.254 e. The van der Waals surface area contributed by atoms with Crippen molar-refractivity contribution < 1.29 is 14.6 Å². The second-order valence-electron chi connectivity index (χ2n) is 9.32. The molecule has 6 heteroatoms. The summed E-state index contributed by atoms with van der Waals surface area (Å²) in [5.41, 5.74) is 2.88. The largest absolute Gasteiger partial charge is 0.508 e. The summed E-state index contributed by atoms with van der Waals surface area (Å²) in [7, 11) is 2.00. The van der Waals surface area contributed by atoms with Crippen LogP contribution in [0, 0.1) is 0 Å². The number of aromatic nitrogens is 1. The molecule has 0 saturated carbocycles. The minimum absolute atomic E-state index is 0.0784. The van der Waals surface area contributed by atoms with Gasteiger partial charge in [-0.05, 0) is 62.6 Å². The van der Waals surface area contributed by atoms with Crippen LogP contribution < -0.4 is 9.64 Å². The molecule has 1 N–H and O–H groups in total. The number of amidine groups is 1. The van der Waals surface area contributed by atoms with Crippen LogP contribution in [-0.4, -0.2) is 33.6 Å². The molecule has 0 bridgehead atoms. The van der Waals surface area contributed by atoms with Crippen LogP contribution in [0.25, 0.3) is 10.9 Å². The molecule has 0 radical (unpaired) electrons. The Hall–Kier alpha value is -3.28. The van der Waals surface area contributed by atoms with E-state index in [9.17, 15) is 9.90 Å². The van der Waals surface area contributed by atoms with Crippen LogP contribution in [0.2, 0.25) is 0 Å². The zero-order valence-electron chi connectivity index (χ0n) is 18.9. The Labute approximate surface area is 182 Å². The molecular weight excluding hydrogens is 390 g/mol. The molecule has 0 aliphatic carbocycles. The van der Waals surface area contributed by atoms with Crippen LogP contribution in [0.5, 0.6) is 11.5 Å². The molecule has 0 saturated heterocycles. The van der Waals surface area contributed by atoms with E-state index in [1.54, 1.807) is 11.0 Å². The molecule has 0 unspecified atom stereocenters. The number of fused-ring (bicyclic) bond motifs is 1. The monoisotopic (exact) mass is 419 g/mol. The van der Waals surface area contributed by atoms with E-state index in [0.29, 0.717) is 17.1 Å². The Morgan fingerprint density at radius 2 is 1.87 bits per heavy atom. The third-order valence-corrected chi connectivity index (χ3v) is 5.36.